The standard InChI is InChI=1S/C15H10N2O/c18-9-3-4-10-11-5-6-13-12(2-1-7-16-13)15(11)17-14(10)8-9/h1-8,17-18H. The van der Waals surface area contributed by atoms with E-state index >= 15 is 0 Å². The van der Waals surface area contributed by atoms with Crippen molar-refractivity contribution in [2.45, 2.75) is 0 Å². The Hall–Kier alpha value is -2.55. The number of nitrogens with one attached hydrogen (secondary N) is 1. The molecule has 0 spiro atoms. The van der Waals surface area contributed by atoms with E-state index in [0.717, 1.165) is 32.7 Å². The molecule has 2 heterocycles. The highest BCUT2D eigenvalue weighted by molar-refractivity contribution is 6.16. The largest absolute Gasteiger partial charge is 0.508 e. The van der Waals surface area contributed by atoms with Gasteiger partial charge in [0.05, 0.1) is 16.6 Å². The van der Waals surface area contributed by atoms with Crippen molar-refractivity contribution in [1.29, 1.82) is 0 Å². The van der Waals surface area contributed by atoms with Crippen molar-refractivity contribution >= 4 is 32.7 Å². The zero-order valence-electron chi connectivity index (χ0n) is 9.51. The van der Waals surface area contributed by atoms with Crippen molar-refractivity contribution in [3.8, 4) is 5.75 Å². The molecule has 3 nitrogen and oxygen atoms in total. The van der Waals surface area contributed by atoms with Crippen LogP contribution in [0.25, 0.3) is 32.7 Å². The summed E-state index contributed by atoms with van der Waals surface area (Å²) in [7, 11) is 0. The monoisotopic (exact) mass is 234 g/mol. The van der Waals surface area contributed by atoms with Gasteiger partial charge in [0, 0.05) is 28.4 Å². The number of nitrogens with zero attached hydrogens (tertiary/aromatic N) is 1. The van der Waals surface area contributed by atoms with Crippen molar-refractivity contribution in [2.24, 2.45) is 0 Å². The third-order valence-electron chi connectivity index (χ3n) is 3.34. The second-order valence-electron chi connectivity index (χ2n) is 4.41. The van der Waals surface area contributed by atoms with E-state index < -0.39 is 0 Å². The van der Waals surface area contributed by atoms with Gasteiger partial charge in [-0.25, -0.2) is 0 Å². The molecule has 0 fully saturated rings. The first-order chi connectivity index (χ1) is 8.83. The van der Waals surface area contributed by atoms with Gasteiger partial charge in [0.15, 0.2) is 0 Å². The summed E-state index contributed by atoms with van der Waals surface area (Å²) in [6, 6.07) is 13.5. The van der Waals surface area contributed by atoms with Gasteiger partial charge in [-0.3, -0.25) is 4.98 Å². The SMILES string of the molecule is Oc1ccc2c(c1)[nH]c1c3cccnc3ccc21. The molecule has 18 heavy (non-hydrogen) atoms. The lowest BCUT2D eigenvalue weighted by Gasteiger charge is -1.97. The average molecular weight is 234 g/mol. The maximum Gasteiger partial charge on any atom is 0.117 e. The third kappa shape index (κ3) is 1.16. The first-order valence-corrected chi connectivity index (χ1v) is 5.81. The smallest absolute Gasteiger partial charge is 0.117 e. The number of hydrogen-bond acceptors (Lipinski definition) is 2. The fourth-order valence-electron chi connectivity index (χ4n) is 2.52. The van der Waals surface area contributed by atoms with Crippen LogP contribution < -0.4 is 0 Å². The maximum absolute atomic E-state index is 9.54. The molecule has 0 saturated carbocycles. The molecule has 3 heteroatoms. The molecular formula is C15H10N2O. The van der Waals surface area contributed by atoms with Gasteiger partial charge in [-0.05, 0) is 30.3 Å². The molecule has 0 unspecified atom stereocenters. The Labute approximate surface area is 103 Å². The van der Waals surface area contributed by atoms with Gasteiger partial charge in [-0.1, -0.05) is 6.07 Å². The van der Waals surface area contributed by atoms with Gasteiger partial charge < -0.3 is 10.1 Å². The number of phenols is 1. The summed E-state index contributed by atoms with van der Waals surface area (Å²) in [4.78, 5) is 7.71. The van der Waals surface area contributed by atoms with E-state index in [-0.39, 0.29) is 5.75 Å². The lowest BCUT2D eigenvalue weighted by Crippen LogP contribution is -1.78. The van der Waals surface area contributed by atoms with Crippen molar-refractivity contribution in [3.05, 3.63) is 48.7 Å². The summed E-state index contributed by atoms with van der Waals surface area (Å²) in [6.07, 6.45) is 1.79. The van der Waals surface area contributed by atoms with Gasteiger partial charge in [0.2, 0.25) is 0 Å². The number of aromatic hydroxyl groups is 1. The molecule has 0 aliphatic carbocycles. The Morgan fingerprint density at radius 2 is 1.83 bits per heavy atom. The van der Waals surface area contributed by atoms with Crippen LogP contribution in [0.2, 0.25) is 0 Å². The molecule has 0 aliphatic rings. The number of phenolic OH excluding ortho intramolecular Hbond substituents is 1. The number of H-pyrrole nitrogens is 1. The van der Waals surface area contributed by atoms with Crippen LogP contribution >= 0.6 is 0 Å². The molecule has 0 bridgehead atoms. The summed E-state index contributed by atoms with van der Waals surface area (Å²) in [5.41, 5.74) is 2.99. The number of hydrogen-bond donors (Lipinski definition) is 2. The molecule has 0 radical (unpaired) electrons. The van der Waals surface area contributed by atoms with Gasteiger partial charge in [0.25, 0.3) is 0 Å². The number of aromatic amines is 1. The summed E-state index contributed by atoms with van der Waals surface area (Å²) in [6.45, 7) is 0. The number of fused-ring (bicyclic) bond motifs is 5. The fourth-order valence-corrected chi connectivity index (χ4v) is 2.52. The normalized spacial score (nSPS) is 11.6. The highest BCUT2D eigenvalue weighted by Gasteiger charge is 2.07. The number of pyridine rings is 1. The van der Waals surface area contributed by atoms with Gasteiger partial charge in [-0.2, -0.15) is 0 Å². The first kappa shape index (κ1) is 9.48. The minimum atomic E-state index is 0.275. The fraction of sp³-hybridized carbons (Fsp3) is 0. The summed E-state index contributed by atoms with van der Waals surface area (Å²) >= 11 is 0. The molecular weight excluding hydrogens is 224 g/mol. The van der Waals surface area contributed by atoms with Crippen molar-refractivity contribution in [1.82, 2.24) is 9.97 Å². The van der Waals surface area contributed by atoms with Crippen molar-refractivity contribution in [2.75, 3.05) is 0 Å². The topological polar surface area (TPSA) is 48.9 Å². The minimum absolute atomic E-state index is 0.275. The van der Waals surface area contributed by atoms with E-state index in [4.69, 9.17) is 0 Å². The molecule has 2 aromatic heterocycles. The molecule has 2 N–H and O–H groups in total. The number of aromatic nitrogens is 2. The number of rotatable bonds is 0. The highest BCUT2D eigenvalue weighted by Crippen LogP contribution is 2.31. The van der Waals surface area contributed by atoms with E-state index in [9.17, 15) is 5.11 Å². The minimum Gasteiger partial charge on any atom is -0.508 e. The van der Waals surface area contributed by atoms with Gasteiger partial charge in [-0.15, -0.1) is 0 Å². The van der Waals surface area contributed by atoms with E-state index in [1.165, 1.54) is 0 Å². The maximum atomic E-state index is 9.54. The molecule has 0 amide bonds. The Balaban J connectivity index is 2.29. The van der Waals surface area contributed by atoms with Crippen LogP contribution in [0.3, 0.4) is 0 Å². The van der Waals surface area contributed by atoms with Crippen LogP contribution in [0, 0.1) is 0 Å². The Kier molecular flexibility index (Phi) is 1.70. The zero-order valence-corrected chi connectivity index (χ0v) is 9.51. The molecule has 0 aliphatic heterocycles. The predicted octanol–water partition coefficient (Wildman–Crippen LogP) is 3.57. The van der Waals surface area contributed by atoms with Crippen molar-refractivity contribution < 1.29 is 5.11 Å². The van der Waals surface area contributed by atoms with Gasteiger partial charge >= 0.3 is 0 Å². The average Bonchev–Trinajstić information content (AvgIpc) is 2.76. The summed E-state index contributed by atoms with van der Waals surface area (Å²) in [5, 5.41) is 12.9. The first-order valence-electron chi connectivity index (χ1n) is 5.81. The Morgan fingerprint density at radius 3 is 2.78 bits per heavy atom. The van der Waals surface area contributed by atoms with Crippen LogP contribution in [-0.4, -0.2) is 15.1 Å². The third-order valence-corrected chi connectivity index (χ3v) is 3.34. The molecule has 4 rings (SSSR count). The quantitative estimate of drug-likeness (QED) is 0.488. The summed E-state index contributed by atoms with van der Waals surface area (Å²) in [5.74, 6) is 0.275. The molecule has 2 aromatic carbocycles. The molecule has 4 aromatic rings. The van der Waals surface area contributed by atoms with E-state index in [0.29, 0.717) is 0 Å². The summed E-state index contributed by atoms with van der Waals surface area (Å²) < 4.78 is 0. The highest BCUT2D eigenvalue weighted by atomic mass is 16.3. The lowest BCUT2D eigenvalue weighted by molar-refractivity contribution is 0.476. The van der Waals surface area contributed by atoms with E-state index in [2.05, 4.69) is 22.1 Å². The molecule has 0 atom stereocenters. The van der Waals surface area contributed by atoms with Crippen molar-refractivity contribution in [3.63, 3.8) is 0 Å². The van der Waals surface area contributed by atoms with E-state index in [1.54, 1.807) is 18.3 Å². The Morgan fingerprint density at radius 1 is 0.944 bits per heavy atom. The second-order valence-corrected chi connectivity index (χ2v) is 4.41. The van der Waals surface area contributed by atoms with Crippen LogP contribution in [0.1, 0.15) is 0 Å². The molecule has 86 valence electrons. The zero-order chi connectivity index (χ0) is 12.1. The molecule has 0 saturated heterocycles. The van der Waals surface area contributed by atoms with Crippen LogP contribution in [-0.2, 0) is 0 Å². The lowest BCUT2D eigenvalue weighted by atomic mass is 10.1. The second kappa shape index (κ2) is 3.23. The Bertz CT molecular complexity index is 893. The van der Waals surface area contributed by atoms with Gasteiger partial charge in [0.1, 0.15) is 5.75 Å². The van der Waals surface area contributed by atoms with Crippen LogP contribution in [0.15, 0.2) is 48.7 Å². The van der Waals surface area contributed by atoms with Crippen LogP contribution in [0.5, 0.6) is 5.75 Å². The predicted molar refractivity (Wildman–Crippen MR) is 72.8 cm³/mol. The van der Waals surface area contributed by atoms with Crippen LogP contribution in [0.4, 0.5) is 0 Å². The van der Waals surface area contributed by atoms with E-state index in [1.807, 2.05) is 18.2 Å². The number of benzene rings is 2.